The first-order valence-electron chi connectivity index (χ1n) is 6.34. The summed E-state index contributed by atoms with van der Waals surface area (Å²) in [5.41, 5.74) is 3.77. The molecule has 0 fully saturated rings. The van der Waals surface area contributed by atoms with Gasteiger partial charge in [-0.2, -0.15) is 0 Å². The van der Waals surface area contributed by atoms with Crippen LogP contribution in [0.15, 0.2) is 36.4 Å². The van der Waals surface area contributed by atoms with Gasteiger partial charge in [0.05, 0.1) is 0 Å². The molecule has 3 rings (SSSR count). The van der Waals surface area contributed by atoms with Crippen LogP contribution in [0, 0.1) is 0 Å². The van der Waals surface area contributed by atoms with E-state index in [9.17, 15) is 14.4 Å². The third-order valence-electron chi connectivity index (χ3n) is 3.63. The van der Waals surface area contributed by atoms with Gasteiger partial charge in [-0.3, -0.25) is 14.4 Å². The van der Waals surface area contributed by atoms with Crippen LogP contribution >= 0.6 is 0 Å². The van der Waals surface area contributed by atoms with E-state index in [4.69, 9.17) is 0 Å². The largest absolute Gasteiger partial charge is 0.295 e. The quantitative estimate of drug-likeness (QED) is 0.667. The van der Waals surface area contributed by atoms with Crippen LogP contribution in [0.5, 0.6) is 0 Å². The lowest BCUT2D eigenvalue weighted by Crippen LogP contribution is -2.00. The topological polar surface area (TPSA) is 51.2 Å². The number of rotatable bonds is 2. The van der Waals surface area contributed by atoms with Gasteiger partial charge >= 0.3 is 0 Å². The highest BCUT2D eigenvalue weighted by Crippen LogP contribution is 2.37. The Balaban J connectivity index is 2.21. The summed E-state index contributed by atoms with van der Waals surface area (Å²) in [5, 5.41) is 0. The standard InChI is InChI=1S/C17H12O3/c1-9(18)11-3-5-13-14-6-4-12(10(2)19)8-16(14)17(20)15(13)7-11/h3-8H,1-2H3. The summed E-state index contributed by atoms with van der Waals surface area (Å²) in [6, 6.07) is 10.3. The van der Waals surface area contributed by atoms with Crippen molar-refractivity contribution in [1.29, 1.82) is 0 Å². The zero-order valence-electron chi connectivity index (χ0n) is 11.2. The molecule has 0 aliphatic heterocycles. The normalized spacial score (nSPS) is 12.0. The van der Waals surface area contributed by atoms with E-state index in [1.54, 1.807) is 36.4 Å². The van der Waals surface area contributed by atoms with Gasteiger partial charge in [0, 0.05) is 22.3 Å². The maximum absolute atomic E-state index is 12.4. The van der Waals surface area contributed by atoms with E-state index >= 15 is 0 Å². The van der Waals surface area contributed by atoms with Crippen molar-refractivity contribution in [3.63, 3.8) is 0 Å². The molecule has 0 atom stereocenters. The number of carbonyl (C=O) groups excluding carboxylic acids is 3. The molecule has 0 bridgehead atoms. The Morgan fingerprint density at radius 1 is 0.700 bits per heavy atom. The van der Waals surface area contributed by atoms with E-state index in [1.165, 1.54) is 13.8 Å². The predicted octanol–water partition coefficient (Wildman–Crippen LogP) is 3.30. The first kappa shape index (κ1) is 12.5. The minimum Gasteiger partial charge on any atom is -0.295 e. The first-order valence-corrected chi connectivity index (χ1v) is 6.34. The van der Waals surface area contributed by atoms with E-state index in [-0.39, 0.29) is 17.3 Å². The number of Topliss-reactive ketones (excluding diaryl/α,β-unsaturated/α-hetero) is 2. The van der Waals surface area contributed by atoms with Crippen molar-refractivity contribution in [2.75, 3.05) is 0 Å². The monoisotopic (exact) mass is 264 g/mol. The minimum absolute atomic E-state index is 0.0685. The number of hydrogen-bond acceptors (Lipinski definition) is 3. The first-order chi connectivity index (χ1) is 9.49. The second-order valence-corrected chi connectivity index (χ2v) is 4.96. The molecule has 20 heavy (non-hydrogen) atoms. The van der Waals surface area contributed by atoms with Gasteiger partial charge in [0.1, 0.15) is 0 Å². The third kappa shape index (κ3) is 1.71. The molecule has 2 aromatic rings. The van der Waals surface area contributed by atoms with E-state index in [0.29, 0.717) is 22.3 Å². The van der Waals surface area contributed by atoms with Gasteiger partial charge in [0.25, 0.3) is 0 Å². The third-order valence-corrected chi connectivity index (χ3v) is 3.63. The van der Waals surface area contributed by atoms with E-state index in [1.807, 2.05) is 0 Å². The van der Waals surface area contributed by atoms with Crippen LogP contribution in [0.25, 0.3) is 11.1 Å². The molecular formula is C17H12O3. The Kier molecular flexibility index (Phi) is 2.64. The highest BCUT2D eigenvalue weighted by Gasteiger charge is 2.27. The molecule has 0 unspecified atom stereocenters. The van der Waals surface area contributed by atoms with Crippen molar-refractivity contribution in [3.8, 4) is 11.1 Å². The lowest BCUT2D eigenvalue weighted by atomic mass is 10.0. The number of carbonyl (C=O) groups is 3. The summed E-state index contributed by atoms with van der Waals surface area (Å²) < 4.78 is 0. The fourth-order valence-corrected chi connectivity index (χ4v) is 2.52. The number of benzene rings is 2. The van der Waals surface area contributed by atoms with Gasteiger partial charge in [-0.15, -0.1) is 0 Å². The molecule has 0 spiro atoms. The average Bonchev–Trinajstić information content (AvgIpc) is 2.71. The van der Waals surface area contributed by atoms with Gasteiger partial charge in [-0.05, 0) is 37.1 Å². The number of ketones is 3. The van der Waals surface area contributed by atoms with Crippen molar-refractivity contribution < 1.29 is 14.4 Å². The summed E-state index contributed by atoms with van der Waals surface area (Å²) in [7, 11) is 0. The van der Waals surface area contributed by atoms with Crippen LogP contribution in [0.4, 0.5) is 0 Å². The van der Waals surface area contributed by atoms with E-state index in [0.717, 1.165) is 11.1 Å². The van der Waals surface area contributed by atoms with Crippen molar-refractivity contribution in [2.24, 2.45) is 0 Å². The van der Waals surface area contributed by atoms with Crippen molar-refractivity contribution in [1.82, 2.24) is 0 Å². The summed E-state index contributed by atoms with van der Waals surface area (Å²) >= 11 is 0. The highest BCUT2D eigenvalue weighted by atomic mass is 16.1. The Hall–Kier alpha value is -2.55. The maximum atomic E-state index is 12.4. The Bertz CT molecular complexity index is 719. The van der Waals surface area contributed by atoms with Crippen LogP contribution in [-0.2, 0) is 0 Å². The molecule has 2 aromatic carbocycles. The Morgan fingerprint density at radius 3 is 1.45 bits per heavy atom. The summed E-state index contributed by atoms with van der Waals surface area (Å²) in [6.07, 6.45) is 0. The van der Waals surface area contributed by atoms with Crippen molar-refractivity contribution in [3.05, 3.63) is 58.7 Å². The smallest absolute Gasteiger partial charge is 0.194 e. The lowest BCUT2D eigenvalue weighted by molar-refractivity contribution is 0.100. The molecule has 0 aromatic heterocycles. The maximum Gasteiger partial charge on any atom is 0.194 e. The highest BCUT2D eigenvalue weighted by molar-refractivity contribution is 6.23. The molecule has 0 radical (unpaired) electrons. The molecule has 0 amide bonds. The summed E-state index contributed by atoms with van der Waals surface area (Å²) in [5.74, 6) is -0.261. The van der Waals surface area contributed by atoms with E-state index < -0.39 is 0 Å². The van der Waals surface area contributed by atoms with Gasteiger partial charge in [0.15, 0.2) is 17.3 Å². The van der Waals surface area contributed by atoms with Crippen LogP contribution in [-0.4, -0.2) is 17.3 Å². The molecule has 3 heteroatoms. The van der Waals surface area contributed by atoms with Crippen LogP contribution in [0.3, 0.4) is 0 Å². The molecule has 98 valence electrons. The molecule has 0 saturated carbocycles. The second kappa shape index (κ2) is 4.23. The van der Waals surface area contributed by atoms with Crippen molar-refractivity contribution >= 4 is 17.3 Å². The molecule has 0 heterocycles. The Labute approximate surface area is 116 Å². The van der Waals surface area contributed by atoms with Gasteiger partial charge in [-0.1, -0.05) is 24.3 Å². The van der Waals surface area contributed by atoms with Crippen LogP contribution in [0.1, 0.15) is 50.5 Å². The molecule has 0 N–H and O–H groups in total. The van der Waals surface area contributed by atoms with Gasteiger partial charge < -0.3 is 0 Å². The zero-order valence-corrected chi connectivity index (χ0v) is 11.2. The fourth-order valence-electron chi connectivity index (χ4n) is 2.52. The minimum atomic E-state index is -0.124. The van der Waals surface area contributed by atoms with Crippen LogP contribution < -0.4 is 0 Å². The zero-order chi connectivity index (χ0) is 14.4. The average molecular weight is 264 g/mol. The summed E-state index contributed by atoms with van der Waals surface area (Å²) in [6.45, 7) is 2.95. The SMILES string of the molecule is CC(=O)c1ccc2c(c1)C(=O)c1cc(C(C)=O)ccc1-2. The molecule has 3 nitrogen and oxygen atoms in total. The van der Waals surface area contributed by atoms with Crippen LogP contribution in [0.2, 0.25) is 0 Å². The molecule has 1 aliphatic rings. The molecule has 0 saturated heterocycles. The summed E-state index contributed by atoms with van der Waals surface area (Å²) in [4.78, 5) is 35.2. The van der Waals surface area contributed by atoms with Gasteiger partial charge in [-0.25, -0.2) is 0 Å². The van der Waals surface area contributed by atoms with E-state index in [2.05, 4.69) is 0 Å². The number of fused-ring (bicyclic) bond motifs is 3. The molecular weight excluding hydrogens is 252 g/mol. The second-order valence-electron chi connectivity index (χ2n) is 4.96. The Morgan fingerprint density at radius 2 is 1.10 bits per heavy atom. The number of hydrogen-bond donors (Lipinski definition) is 0. The van der Waals surface area contributed by atoms with Crippen molar-refractivity contribution in [2.45, 2.75) is 13.8 Å². The lowest BCUT2D eigenvalue weighted by Gasteiger charge is -2.02. The fraction of sp³-hybridized carbons (Fsp3) is 0.118. The predicted molar refractivity (Wildman–Crippen MR) is 75.3 cm³/mol. The molecule has 1 aliphatic carbocycles. The van der Waals surface area contributed by atoms with Gasteiger partial charge in [0.2, 0.25) is 0 Å².